The summed E-state index contributed by atoms with van der Waals surface area (Å²) in [5.41, 5.74) is 5.85. The van der Waals surface area contributed by atoms with Crippen LogP contribution in [0.5, 0.6) is 0 Å². The van der Waals surface area contributed by atoms with E-state index in [0.29, 0.717) is 13.2 Å². The zero-order valence-corrected chi connectivity index (χ0v) is 11.9. The van der Waals surface area contributed by atoms with Gasteiger partial charge in [-0.05, 0) is 17.9 Å². The monoisotopic (exact) mass is 270 g/mol. The van der Waals surface area contributed by atoms with E-state index in [-0.39, 0.29) is 12.1 Å². The van der Waals surface area contributed by atoms with Gasteiger partial charge in [-0.2, -0.15) is 0 Å². The lowest BCUT2D eigenvalue weighted by Crippen LogP contribution is -2.32. The number of hydrogen-bond donors (Lipinski definition) is 1. The van der Waals surface area contributed by atoms with Gasteiger partial charge < -0.3 is 15.4 Å². The number of carbonyl (C=O) groups is 1. The minimum atomic E-state index is -0.310. The van der Waals surface area contributed by atoms with Crippen LogP contribution in [0, 0.1) is 0 Å². The minimum absolute atomic E-state index is 0.0518. The van der Waals surface area contributed by atoms with E-state index in [0.717, 1.165) is 24.1 Å². The maximum atomic E-state index is 11.7. The highest BCUT2D eigenvalue weighted by Gasteiger charge is 2.12. The average molecular weight is 270 g/mol. The second-order valence-electron chi connectivity index (χ2n) is 4.41. The highest BCUT2D eigenvalue weighted by atomic mass is 32.1. The normalized spacial score (nSPS) is 12.2. The van der Waals surface area contributed by atoms with Crippen molar-refractivity contribution in [1.82, 2.24) is 4.90 Å². The van der Waals surface area contributed by atoms with E-state index in [4.69, 9.17) is 10.5 Å². The fourth-order valence-electron chi connectivity index (χ4n) is 1.54. The van der Waals surface area contributed by atoms with Crippen molar-refractivity contribution in [2.75, 3.05) is 13.7 Å². The van der Waals surface area contributed by atoms with Gasteiger partial charge in [0.25, 0.3) is 0 Å². The second kappa shape index (κ2) is 8.11. The van der Waals surface area contributed by atoms with Crippen molar-refractivity contribution in [2.45, 2.75) is 38.8 Å². The number of ether oxygens (including phenoxy) is 1. The van der Waals surface area contributed by atoms with Crippen LogP contribution in [-0.2, 0) is 11.3 Å². The molecule has 0 bridgehead atoms. The van der Waals surface area contributed by atoms with E-state index in [1.807, 2.05) is 17.5 Å². The molecule has 2 N–H and O–H groups in total. The third-order valence-corrected chi connectivity index (χ3v) is 3.50. The van der Waals surface area contributed by atoms with Crippen LogP contribution in [0.2, 0.25) is 0 Å². The molecule has 4 nitrogen and oxygen atoms in total. The fourth-order valence-corrected chi connectivity index (χ4v) is 2.30. The third-order valence-electron chi connectivity index (χ3n) is 2.63. The molecule has 0 aliphatic carbocycles. The zero-order chi connectivity index (χ0) is 13.4. The molecule has 18 heavy (non-hydrogen) atoms. The molecule has 1 aromatic heterocycles. The molecular weight excluding hydrogens is 248 g/mol. The van der Waals surface area contributed by atoms with E-state index < -0.39 is 0 Å². The molecule has 0 saturated heterocycles. The van der Waals surface area contributed by atoms with Gasteiger partial charge in [-0.15, -0.1) is 11.3 Å². The number of amides is 1. The van der Waals surface area contributed by atoms with Gasteiger partial charge in [0.1, 0.15) is 6.61 Å². The molecule has 1 heterocycles. The maximum Gasteiger partial charge on any atom is 0.409 e. The van der Waals surface area contributed by atoms with E-state index >= 15 is 0 Å². The molecule has 102 valence electrons. The van der Waals surface area contributed by atoms with Crippen molar-refractivity contribution in [3.63, 3.8) is 0 Å². The Kier molecular flexibility index (Phi) is 6.75. The van der Waals surface area contributed by atoms with E-state index in [1.165, 1.54) is 0 Å². The summed E-state index contributed by atoms with van der Waals surface area (Å²) in [7, 11) is 1.74. The lowest BCUT2D eigenvalue weighted by atomic mass is 10.1. The molecule has 1 aromatic rings. The molecule has 0 unspecified atom stereocenters. The van der Waals surface area contributed by atoms with Crippen LogP contribution in [0.15, 0.2) is 17.5 Å². The lowest BCUT2D eigenvalue weighted by molar-refractivity contribution is 0.102. The molecule has 0 aromatic carbocycles. The number of hydrogen-bond acceptors (Lipinski definition) is 4. The van der Waals surface area contributed by atoms with Crippen molar-refractivity contribution in [2.24, 2.45) is 5.73 Å². The number of rotatable bonds is 7. The summed E-state index contributed by atoms with van der Waals surface area (Å²) >= 11 is 1.63. The first-order valence-electron chi connectivity index (χ1n) is 6.29. The molecule has 0 spiro atoms. The number of nitrogens with zero attached hydrogens (tertiary/aromatic N) is 1. The van der Waals surface area contributed by atoms with Gasteiger partial charge in [-0.1, -0.05) is 25.8 Å². The summed E-state index contributed by atoms with van der Waals surface area (Å²) in [6.45, 7) is 3.00. The molecule has 0 fully saturated rings. The van der Waals surface area contributed by atoms with Gasteiger partial charge in [-0.3, -0.25) is 0 Å². The Morgan fingerprint density at radius 3 is 3.00 bits per heavy atom. The van der Waals surface area contributed by atoms with Gasteiger partial charge in [0.15, 0.2) is 0 Å². The Labute approximate surface area is 113 Å². The number of nitrogens with two attached hydrogens (primary N) is 1. The topological polar surface area (TPSA) is 55.6 Å². The van der Waals surface area contributed by atoms with Gasteiger partial charge in [0.05, 0.1) is 6.54 Å². The molecule has 0 aliphatic rings. The van der Waals surface area contributed by atoms with E-state index in [2.05, 4.69) is 6.92 Å². The summed E-state index contributed by atoms with van der Waals surface area (Å²) < 4.78 is 5.18. The van der Waals surface area contributed by atoms with E-state index in [9.17, 15) is 4.79 Å². The van der Waals surface area contributed by atoms with Crippen LogP contribution in [-0.4, -0.2) is 30.7 Å². The molecule has 0 radical (unpaired) electrons. The van der Waals surface area contributed by atoms with Crippen LogP contribution in [0.3, 0.4) is 0 Å². The molecule has 0 aliphatic heterocycles. The first kappa shape index (κ1) is 15.0. The number of thiophene rings is 1. The van der Waals surface area contributed by atoms with Crippen LogP contribution < -0.4 is 5.73 Å². The van der Waals surface area contributed by atoms with Crippen molar-refractivity contribution >= 4 is 17.4 Å². The Morgan fingerprint density at radius 1 is 1.61 bits per heavy atom. The van der Waals surface area contributed by atoms with Crippen LogP contribution >= 0.6 is 11.3 Å². The van der Waals surface area contributed by atoms with Crippen LogP contribution in [0.1, 0.15) is 31.1 Å². The maximum absolute atomic E-state index is 11.7. The Bertz CT molecular complexity index is 341. The van der Waals surface area contributed by atoms with Gasteiger partial charge in [0.2, 0.25) is 0 Å². The first-order valence-corrected chi connectivity index (χ1v) is 7.17. The van der Waals surface area contributed by atoms with Gasteiger partial charge >= 0.3 is 6.09 Å². The highest BCUT2D eigenvalue weighted by molar-refractivity contribution is 7.09. The SMILES string of the molecule is CCCC[C@H](N)COC(=O)N(C)Cc1cccs1. The zero-order valence-electron chi connectivity index (χ0n) is 11.1. The predicted octanol–water partition coefficient (Wildman–Crippen LogP) is 2.83. The smallest absolute Gasteiger partial charge is 0.409 e. The summed E-state index contributed by atoms with van der Waals surface area (Å²) in [5.74, 6) is 0. The Morgan fingerprint density at radius 2 is 2.39 bits per heavy atom. The standard InChI is InChI=1S/C13H22N2O2S/c1-3-4-6-11(14)10-17-13(16)15(2)9-12-7-5-8-18-12/h5,7-8,11H,3-4,6,9-10,14H2,1-2H3/t11-/m0/s1. The number of unbranched alkanes of at least 4 members (excludes halogenated alkanes) is 1. The third kappa shape index (κ3) is 5.51. The van der Waals surface area contributed by atoms with Gasteiger partial charge in [-0.25, -0.2) is 4.79 Å². The van der Waals surface area contributed by atoms with Crippen LogP contribution in [0.25, 0.3) is 0 Å². The quantitative estimate of drug-likeness (QED) is 0.829. The Hall–Kier alpha value is -1.07. The molecular formula is C13H22N2O2S. The fraction of sp³-hybridized carbons (Fsp3) is 0.615. The van der Waals surface area contributed by atoms with Crippen molar-refractivity contribution < 1.29 is 9.53 Å². The van der Waals surface area contributed by atoms with Crippen molar-refractivity contribution in [1.29, 1.82) is 0 Å². The largest absolute Gasteiger partial charge is 0.448 e. The average Bonchev–Trinajstić information content (AvgIpc) is 2.86. The first-order chi connectivity index (χ1) is 8.63. The lowest BCUT2D eigenvalue weighted by Gasteiger charge is -2.18. The highest BCUT2D eigenvalue weighted by Crippen LogP contribution is 2.11. The van der Waals surface area contributed by atoms with Crippen molar-refractivity contribution in [3.8, 4) is 0 Å². The molecule has 0 saturated carbocycles. The summed E-state index contributed by atoms with van der Waals surface area (Å²) in [6.07, 6.45) is 2.78. The summed E-state index contributed by atoms with van der Waals surface area (Å²) in [5, 5.41) is 2.00. The van der Waals surface area contributed by atoms with Crippen molar-refractivity contribution in [3.05, 3.63) is 22.4 Å². The van der Waals surface area contributed by atoms with E-state index in [1.54, 1.807) is 23.3 Å². The summed E-state index contributed by atoms with van der Waals surface area (Å²) in [4.78, 5) is 14.4. The minimum Gasteiger partial charge on any atom is -0.448 e. The number of carbonyl (C=O) groups excluding carboxylic acids is 1. The predicted molar refractivity (Wildman–Crippen MR) is 74.6 cm³/mol. The van der Waals surface area contributed by atoms with Gasteiger partial charge in [0, 0.05) is 18.0 Å². The molecule has 1 amide bonds. The molecule has 1 rings (SSSR count). The molecule has 1 atom stereocenters. The summed E-state index contributed by atoms with van der Waals surface area (Å²) in [6, 6.07) is 3.92. The van der Waals surface area contributed by atoms with Crippen LogP contribution in [0.4, 0.5) is 4.79 Å². The second-order valence-corrected chi connectivity index (χ2v) is 5.45. The molecule has 5 heteroatoms. The Balaban J connectivity index is 2.23.